The highest BCUT2D eigenvalue weighted by molar-refractivity contribution is 9.10. The van der Waals surface area contributed by atoms with Crippen LogP contribution in [0, 0.1) is 6.92 Å². The number of hydrogen-bond donors (Lipinski definition) is 1. The van der Waals surface area contributed by atoms with E-state index in [4.69, 9.17) is 4.74 Å². The van der Waals surface area contributed by atoms with Gasteiger partial charge >= 0.3 is 0 Å². The second-order valence-electron chi connectivity index (χ2n) is 4.71. The highest BCUT2D eigenvalue weighted by atomic mass is 79.9. The van der Waals surface area contributed by atoms with Gasteiger partial charge < -0.3 is 10.1 Å². The van der Waals surface area contributed by atoms with Gasteiger partial charge in [0.25, 0.3) is 0 Å². The van der Waals surface area contributed by atoms with Gasteiger partial charge in [0.1, 0.15) is 5.75 Å². The van der Waals surface area contributed by atoms with Crippen molar-refractivity contribution < 1.29 is 4.74 Å². The van der Waals surface area contributed by atoms with Crippen LogP contribution in [0.2, 0.25) is 0 Å². The van der Waals surface area contributed by atoms with Crippen LogP contribution in [-0.4, -0.2) is 13.7 Å². The quantitative estimate of drug-likeness (QED) is 0.795. The maximum atomic E-state index is 5.70. The first-order valence-electron chi connectivity index (χ1n) is 6.81. The SMILES string of the molecule is CCCOc1ccc(C(NC)c2ccc(C)s2)cc1Br. The lowest BCUT2D eigenvalue weighted by Crippen LogP contribution is -2.16. The molecule has 2 aromatic rings. The van der Waals surface area contributed by atoms with Crippen LogP contribution in [0.3, 0.4) is 0 Å². The third-order valence-electron chi connectivity index (χ3n) is 3.09. The van der Waals surface area contributed by atoms with Gasteiger partial charge in [-0.05, 0) is 66.2 Å². The lowest BCUT2D eigenvalue weighted by atomic mass is 10.1. The van der Waals surface area contributed by atoms with Crippen LogP contribution >= 0.6 is 27.3 Å². The Morgan fingerprint density at radius 3 is 2.65 bits per heavy atom. The Morgan fingerprint density at radius 2 is 2.10 bits per heavy atom. The fourth-order valence-corrected chi connectivity index (χ4v) is 3.63. The fourth-order valence-electron chi connectivity index (χ4n) is 2.11. The summed E-state index contributed by atoms with van der Waals surface area (Å²) in [5.74, 6) is 0.910. The van der Waals surface area contributed by atoms with Gasteiger partial charge in [0.05, 0.1) is 17.1 Å². The molecule has 1 heterocycles. The summed E-state index contributed by atoms with van der Waals surface area (Å²) in [4.78, 5) is 2.67. The monoisotopic (exact) mass is 353 g/mol. The van der Waals surface area contributed by atoms with E-state index in [1.807, 2.05) is 24.5 Å². The molecule has 0 spiro atoms. The zero-order chi connectivity index (χ0) is 14.5. The minimum absolute atomic E-state index is 0.227. The molecule has 1 aromatic heterocycles. The van der Waals surface area contributed by atoms with Gasteiger partial charge in [-0.2, -0.15) is 0 Å². The molecule has 1 N–H and O–H groups in total. The molecule has 1 unspecified atom stereocenters. The summed E-state index contributed by atoms with van der Waals surface area (Å²) in [6.45, 7) is 4.99. The third kappa shape index (κ3) is 3.62. The van der Waals surface area contributed by atoms with Gasteiger partial charge in [0.15, 0.2) is 0 Å². The van der Waals surface area contributed by atoms with E-state index in [9.17, 15) is 0 Å². The minimum Gasteiger partial charge on any atom is -0.492 e. The van der Waals surface area contributed by atoms with Crippen molar-refractivity contribution in [1.29, 1.82) is 0 Å². The number of rotatable bonds is 6. The van der Waals surface area contributed by atoms with Crippen molar-refractivity contribution in [2.75, 3.05) is 13.7 Å². The maximum absolute atomic E-state index is 5.70. The highest BCUT2D eigenvalue weighted by Gasteiger charge is 2.15. The summed E-state index contributed by atoms with van der Waals surface area (Å²) in [5, 5.41) is 3.39. The normalized spacial score (nSPS) is 12.4. The number of nitrogens with one attached hydrogen (secondary N) is 1. The van der Waals surface area contributed by atoms with Crippen molar-refractivity contribution in [3.63, 3.8) is 0 Å². The average molecular weight is 354 g/mol. The van der Waals surface area contributed by atoms with E-state index in [1.54, 1.807) is 0 Å². The molecule has 0 aliphatic rings. The van der Waals surface area contributed by atoms with E-state index in [0.29, 0.717) is 0 Å². The van der Waals surface area contributed by atoms with Gasteiger partial charge in [0.2, 0.25) is 0 Å². The molecule has 2 rings (SSSR count). The molecule has 0 bridgehead atoms. The first-order valence-corrected chi connectivity index (χ1v) is 8.42. The molecule has 20 heavy (non-hydrogen) atoms. The van der Waals surface area contributed by atoms with E-state index in [2.05, 4.69) is 59.4 Å². The van der Waals surface area contributed by atoms with Crippen molar-refractivity contribution in [2.24, 2.45) is 0 Å². The number of aryl methyl sites for hydroxylation is 1. The van der Waals surface area contributed by atoms with Crippen LogP contribution < -0.4 is 10.1 Å². The second-order valence-corrected chi connectivity index (χ2v) is 6.88. The standard InChI is InChI=1S/C16H20BrNOS/c1-4-9-19-14-7-6-12(10-13(14)17)16(18-3)15-8-5-11(2)20-15/h5-8,10,16,18H,4,9H2,1-3H3. The molecule has 0 saturated carbocycles. The molecule has 0 amide bonds. The molecular formula is C16H20BrNOS. The van der Waals surface area contributed by atoms with E-state index in [1.165, 1.54) is 15.3 Å². The van der Waals surface area contributed by atoms with Crippen molar-refractivity contribution in [2.45, 2.75) is 26.3 Å². The van der Waals surface area contributed by atoms with Gasteiger partial charge in [-0.3, -0.25) is 0 Å². The molecule has 4 heteroatoms. The van der Waals surface area contributed by atoms with Gasteiger partial charge in [-0.1, -0.05) is 13.0 Å². The largest absolute Gasteiger partial charge is 0.492 e. The zero-order valence-corrected chi connectivity index (χ0v) is 14.5. The van der Waals surface area contributed by atoms with Crippen LogP contribution in [0.1, 0.15) is 34.7 Å². The number of thiophene rings is 1. The van der Waals surface area contributed by atoms with Gasteiger partial charge in [0, 0.05) is 9.75 Å². The molecule has 108 valence electrons. The van der Waals surface area contributed by atoms with Crippen LogP contribution in [0.25, 0.3) is 0 Å². The second kappa shape index (κ2) is 7.25. The molecule has 0 radical (unpaired) electrons. The number of halogens is 1. The third-order valence-corrected chi connectivity index (χ3v) is 4.77. The first-order chi connectivity index (χ1) is 9.65. The van der Waals surface area contributed by atoms with Crippen molar-refractivity contribution >= 4 is 27.3 Å². The molecule has 0 saturated heterocycles. The minimum atomic E-state index is 0.227. The predicted octanol–water partition coefficient (Wildman–Crippen LogP) is 4.92. The lowest BCUT2D eigenvalue weighted by molar-refractivity contribution is 0.315. The molecule has 1 aromatic carbocycles. The summed E-state index contributed by atoms with van der Waals surface area (Å²) < 4.78 is 6.71. The first kappa shape index (κ1) is 15.5. The predicted molar refractivity (Wildman–Crippen MR) is 89.9 cm³/mol. The summed E-state index contributed by atoms with van der Waals surface area (Å²) in [5.41, 5.74) is 1.24. The Morgan fingerprint density at radius 1 is 1.30 bits per heavy atom. The highest BCUT2D eigenvalue weighted by Crippen LogP contribution is 2.33. The molecule has 2 nitrogen and oxygen atoms in total. The molecule has 0 aliphatic carbocycles. The lowest BCUT2D eigenvalue weighted by Gasteiger charge is -2.17. The Balaban J connectivity index is 2.24. The van der Waals surface area contributed by atoms with Crippen LogP contribution in [0.4, 0.5) is 0 Å². The van der Waals surface area contributed by atoms with Crippen molar-refractivity contribution in [3.05, 3.63) is 50.1 Å². The fraction of sp³-hybridized carbons (Fsp3) is 0.375. The summed E-state index contributed by atoms with van der Waals surface area (Å²) >= 11 is 5.43. The summed E-state index contributed by atoms with van der Waals surface area (Å²) in [6.07, 6.45) is 1.02. The maximum Gasteiger partial charge on any atom is 0.133 e. The Hall–Kier alpha value is -0.840. The molecule has 0 aliphatic heterocycles. The smallest absolute Gasteiger partial charge is 0.133 e. The van der Waals surface area contributed by atoms with E-state index in [0.717, 1.165) is 23.2 Å². The summed E-state index contributed by atoms with van der Waals surface area (Å²) in [7, 11) is 2.00. The van der Waals surface area contributed by atoms with Gasteiger partial charge in [-0.25, -0.2) is 0 Å². The molecule has 1 atom stereocenters. The van der Waals surface area contributed by atoms with Crippen LogP contribution in [0.15, 0.2) is 34.8 Å². The summed E-state index contributed by atoms with van der Waals surface area (Å²) in [6, 6.07) is 10.9. The van der Waals surface area contributed by atoms with Gasteiger partial charge in [-0.15, -0.1) is 11.3 Å². The number of hydrogen-bond acceptors (Lipinski definition) is 3. The van der Waals surface area contributed by atoms with Crippen molar-refractivity contribution in [3.8, 4) is 5.75 Å². The van der Waals surface area contributed by atoms with E-state index < -0.39 is 0 Å². The Labute approximate surface area is 133 Å². The molecular weight excluding hydrogens is 334 g/mol. The van der Waals surface area contributed by atoms with E-state index in [-0.39, 0.29) is 6.04 Å². The topological polar surface area (TPSA) is 21.3 Å². The zero-order valence-electron chi connectivity index (χ0n) is 12.1. The van der Waals surface area contributed by atoms with Crippen molar-refractivity contribution in [1.82, 2.24) is 5.32 Å². The Kier molecular flexibility index (Phi) is 5.64. The van der Waals surface area contributed by atoms with Crippen LogP contribution in [-0.2, 0) is 0 Å². The number of ether oxygens (including phenoxy) is 1. The van der Waals surface area contributed by atoms with Crippen LogP contribution in [0.5, 0.6) is 5.75 Å². The average Bonchev–Trinajstić information content (AvgIpc) is 2.85. The molecule has 0 fully saturated rings. The Bertz CT molecular complexity index is 567. The number of benzene rings is 1. The van der Waals surface area contributed by atoms with E-state index >= 15 is 0 Å².